The summed E-state index contributed by atoms with van der Waals surface area (Å²) in [6.07, 6.45) is 4.38. The van der Waals surface area contributed by atoms with Crippen LogP contribution < -0.4 is 23.1 Å². The molecule has 3 aromatic carbocycles. The molecule has 0 spiro atoms. The van der Waals surface area contributed by atoms with E-state index in [1.165, 1.54) is 37.9 Å². The molecule has 0 bridgehead atoms. The van der Waals surface area contributed by atoms with E-state index in [1.807, 2.05) is 0 Å². The number of hydrogen-bond donors (Lipinski definition) is 0. The molecular formula is C42H59NO5Si2. The third-order valence-electron chi connectivity index (χ3n) is 11.6. The summed E-state index contributed by atoms with van der Waals surface area (Å²) >= 11 is 0. The van der Waals surface area contributed by atoms with Gasteiger partial charge in [0.05, 0.1) is 6.61 Å². The summed E-state index contributed by atoms with van der Waals surface area (Å²) < 4.78 is 33.3. The van der Waals surface area contributed by atoms with Crippen molar-refractivity contribution < 1.29 is 23.1 Å². The van der Waals surface area contributed by atoms with Crippen LogP contribution in [0.1, 0.15) is 90.0 Å². The van der Waals surface area contributed by atoms with Crippen molar-refractivity contribution in [2.75, 3.05) is 32.8 Å². The Bertz CT molecular complexity index is 1690. The van der Waals surface area contributed by atoms with Crippen LogP contribution >= 0.6 is 0 Å². The van der Waals surface area contributed by atoms with Crippen molar-refractivity contribution in [1.29, 1.82) is 0 Å². The van der Waals surface area contributed by atoms with Crippen LogP contribution in [0, 0.1) is 0 Å². The first kappa shape index (κ1) is 36.6. The van der Waals surface area contributed by atoms with Gasteiger partial charge < -0.3 is 23.1 Å². The van der Waals surface area contributed by atoms with Crippen molar-refractivity contribution in [3.8, 4) is 28.7 Å². The van der Waals surface area contributed by atoms with E-state index in [4.69, 9.17) is 23.1 Å². The minimum absolute atomic E-state index is 0.0923. The lowest BCUT2D eigenvalue weighted by atomic mass is 9.84. The third-order valence-corrected chi connectivity index (χ3v) is 20.3. The first-order valence-corrected chi connectivity index (χ1v) is 24.5. The monoisotopic (exact) mass is 713 g/mol. The molecule has 50 heavy (non-hydrogen) atoms. The van der Waals surface area contributed by atoms with E-state index in [0.29, 0.717) is 13.2 Å². The van der Waals surface area contributed by atoms with E-state index in [-0.39, 0.29) is 16.2 Å². The molecule has 0 unspecified atom stereocenters. The summed E-state index contributed by atoms with van der Waals surface area (Å²) in [6.45, 7) is 27.4. The summed E-state index contributed by atoms with van der Waals surface area (Å²) in [4.78, 5) is 2.51. The predicted octanol–water partition coefficient (Wildman–Crippen LogP) is 11.1. The van der Waals surface area contributed by atoms with Crippen LogP contribution in [0.5, 0.6) is 28.7 Å². The molecule has 270 valence electrons. The third kappa shape index (κ3) is 7.82. The van der Waals surface area contributed by atoms with Gasteiger partial charge in [-0.2, -0.15) is 0 Å². The standard InChI is InChI=1S/C42H59NO5Si2/c1-41(2,3)49(7,8)47-32-19-21-36-37(28-32)45-26-22-35-34-20-18-33(48-50(9,10)42(4,5)6)29-38(34)46-40(39(35)36)30-14-16-31(17-15-30)44-27-25-43-23-12-11-13-24-43/h14-21,28-29,40H,11-13,22-27H2,1-10H3/t40-/m1/s1. The fourth-order valence-electron chi connectivity index (χ4n) is 6.49. The highest BCUT2D eigenvalue weighted by Gasteiger charge is 2.41. The lowest BCUT2D eigenvalue weighted by Crippen LogP contribution is -2.43. The number of piperidine rings is 1. The van der Waals surface area contributed by atoms with Crippen molar-refractivity contribution >= 4 is 27.8 Å². The Kier molecular flexibility index (Phi) is 10.3. The van der Waals surface area contributed by atoms with Gasteiger partial charge in [-0.25, -0.2) is 0 Å². The Hall–Kier alpha value is -3.21. The molecule has 1 fully saturated rings. The van der Waals surface area contributed by atoms with Crippen LogP contribution in [0.25, 0.3) is 11.1 Å². The molecule has 0 radical (unpaired) electrons. The van der Waals surface area contributed by atoms with E-state index in [1.54, 1.807) is 0 Å². The van der Waals surface area contributed by atoms with Gasteiger partial charge >= 0.3 is 0 Å². The van der Waals surface area contributed by atoms with E-state index in [2.05, 4.69) is 133 Å². The van der Waals surface area contributed by atoms with Gasteiger partial charge in [0.25, 0.3) is 0 Å². The summed E-state index contributed by atoms with van der Waals surface area (Å²) in [5, 5.41) is 0.189. The minimum atomic E-state index is -2.04. The molecular weight excluding hydrogens is 655 g/mol. The Morgan fingerprint density at radius 3 is 1.86 bits per heavy atom. The zero-order valence-electron chi connectivity index (χ0n) is 32.2. The number of hydrogen-bond acceptors (Lipinski definition) is 6. The molecule has 1 saturated heterocycles. The SMILES string of the molecule is CC(C)(C)[Si](C)(C)Oc1ccc2c(c1)O[C@H](c1ccc(OCCN3CCCCC3)cc1)C1=C2CCOc2cc(O[Si](C)(C)C(C)(C)C)ccc21. The number of nitrogens with zero attached hydrogens (tertiary/aromatic N) is 1. The molecule has 0 amide bonds. The molecule has 0 aromatic heterocycles. The maximum Gasteiger partial charge on any atom is 0.250 e. The van der Waals surface area contributed by atoms with E-state index in [9.17, 15) is 0 Å². The zero-order chi connectivity index (χ0) is 35.9. The van der Waals surface area contributed by atoms with E-state index in [0.717, 1.165) is 64.0 Å². The highest BCUT2D eigenvalue weighted by atomic mass is 28.4. The maximum atomic E-state index is 7.05. The number of fused-ring (bicyclic) bond motifs is 4. The van der Waals surface area contributed by atoms with Gasteiger partial charge in [0, 0.05) is 41.8 Å². The Balaban J connectivity index is 1.35. The molecule has 6 nitrogen and oxygen atoms in total. The van der Waals surface area contributed by atoms with Gasteiger partial charge in [-0.3, -0.25) is 4.90 Å². The first-order chi connectivity index (χ1) is 23.5. The smallest absolute Gasteiger partial charge is 0.250 e. The zero-order valence-corrected chi connectivity index (χ0v) is 34.2. The Morgan fingerprint density at radius 2 is 1.26 bits per heavy atom. The van der Waals surface area contributed by atoms with Gasteiger partial charge in [-0.05, 0) is 110 Å². The molecule has 3 aliphatic rings. The second kappa shape index (κ2) is 14.1. The summed E-state index contributed by atoms with van der Waals surface area (Å²) in [5.41, 5.74) is 5.65. The number of benzene rings is 3. The van der Waals surface area contributed by atoms with Gasteiger partial charge in [0.2, 0.25) is 16.6 Å². The molecule has 3 aliphatic heterocycles. The molecule has 0 saturated carbocycles. The molecule has 3 heterocycles. The van der Waals surface area contributed by atoms with Crippen LogP contribution in [-0.4, -0.2) is 54.4 Å². The number of rotatable bonds is 9. The molecule has 6 rings (SSSR count). The van der Waals surface area contributed by atoms with Gasteiger partial charge in [0.15, 0.2) is 0 Å². The van der Waals surface area contributed by atoms with Gasteiger partial charge in [0.1, 0.15) is 41.5 Å². The van der Waals surface area contributed by atoms with Crippen molar-refractivity contribution in [1.82, 2.24) is 4.90 Å². The minimum Gasteiger partial charge on any atom is -0.543 e. The van der Waals surface area contributed by atoms with Crippen LogP contribution in [0.4, 0.5) is 0 Å². The Morgan fingerprint density at radius 1 is 0.700 bits per heavy atom. The van der Waals surface area contributed by atoms with Crippen molar-refractivity contribution in [3.05, 3.63) is 77.4 Å². The van der Waals surface area contributed by atoms with Crippen molar-refractivity contribution in [3.63, 3.8) is 0 Å². The molecule has 8 heteroatoms. The average Bonchev–Trinajstić information content (AvgIpc) is 3.23. The lowest BCUT2D eigenvalue weighted by molar-refractivity contribution is 0.183. The highest BCUT2D eigenvalue weighted by molar-refractivity contribution is 6.75. The fourth-order valence-corrected chi connectivity index (χ4v) is 8.54. The first-order valence-electron chi connectivity index (χ1n) is 18.7. The van der Waals surface area contributed by atoms with Crippen molar-refractivity contribution in [2.24, 2.45) is 0 Å². The summed E-state index contributed by atoms with van der Waals surface area (Å²) in [6, 6.07) is 21.3. The Labute approximate surface area is 303 Å². The summed E-state index contributed by atoms with van der Waals surface area (Å²) in [5.74, 6) is 4.32. The van der Waals surface area contributed by atoms with E-state index < -0.39 is 16.6 Å². The second-order valence-electron chi connectivity index (χ2n) is 17.3. The van der Waals surface area contributed by atoms with Crippen LogP contribution in [0.2, 0.25) is 36.3 Å². The normalized spacial score (nSPS) is 18.6. The predicted molar refractivity (Wildman–Crippen MR) is 211 cm³/mol. The van der Waals surface area contributed by atoms with Crippen molar-refractivity contribution in [2.45, 2.75) is 110 Å². The van der Waals surface area contributed by atoms with Crippen LogP contribution in [0.15, 0.2) is 60.7 Å². The largest absolute Gasteiger partial charge is 0.543 e. The number of likely N-dealkylation sites (tertiary alicyclic amines) is 1. The molecule has 0 aliphatic carbocycles. The van der Waals surface area contributed by atoms with Gasteiger partial charge in [-0.1, -0.05) is 60.1 Å². The lowest BCUT2D eigenvalue weighted by Gasteiger charge is -2.37. The fraction of sp³-hybridized carbons (Fsp3) is 0.524. The molecule has 3 aromatic rings. The average molecular weight is 714 g/mol. The quantitative estimate of drug-likeness (QED) is 0.206. The van der Waals surface area contributed by atoms with Crippen LogP contribution in [-0.2, 0) is 0 Å². The highest BCUT2D eigenvalue weighted by Crippen LogP contribution is 2.53. The van der Waals surface area contributed by atoms with Gasteiger partial charge in [-0.15, -0.1) is 0 Å². The molecule has 0 N–H and O–H groups in total. The topological polar surface area (TPSA) is 49.4 Å². The number of ether oxygens (including phenoxy) is 3. The van der Waals surface area contributed by atoms with Crippen LogP contribution in [0.3, 0.4) is 0 Å². The van der Waals surface area contributed by atoms with E-state index >= 15 is 0 Å². The molecule has 1 atom stereocenters. The maximum absolute atomic E-state index is 7.05. The summed E-state index contributed by atoms with van der Waals surface area (Å²) in [7, 11) is -4.07. The second-order valence-corrected chi connectivity index (χ2v) is 26.8.